The molecule has 1 fully saturated rings. The maximum atomic E-state index is 13.5. The van der Waals surface area contributed by atoms with Crippen LogP contribution in [-0.2, 0) is 11.4 Å². The summed E-state index contributed by atoms with van der Waals surface area (Å²) in [5.41, 5.74) is 1.69. The van der Waals surface area contributed by atoms with Crippen molar-refractivity contribution in [2.75, 3.05) is 0 Å². The lowest BCUT2D eigenvalue weighted by Gasteiger charge is -2.14. The van der Waals surface area contributed by atoms with Crippen molar-refractivity contribution in [3.63, 3.8) is 0 Å². The monoisotopic (exact) mass is 349 g/mol. The van der Waals surface area contributed by atoms with Crippen LogP contribution in [0.15, 0.2) is 48.5 Å². The zero-order chi connectivity index (χ0) is 16.2. The van der Waals surface area contributed by atoms with Crippen LogP contribution in [0.1, 0.15) is 36.9 Å². The van der Waals surface area contributed by atoms with E-state index in [4.69, 9.17) is 4.74 Å². The number of nitrogens with one attached hydrogen (secondary N) is 1. The van der Waals surface area contributed by atoms with E-state index < -0.39 is 0 Å². The molecule has 0 saturated carbocycles. The van der Waals surface area contributed by atoms with Gasteiger partial charge < -0.3 is 10.1 Å². The zero-order valence-electron chi connectivity index (χ0n) is 13.5. The molecule has 0 aromatic heterocycles. The first-order valence-corrected chi connectivity index (χ1v) is 7.86. The summed E-state index contributed by atoms with van der Waals surface area (Å²) in [4.78, 5) is 11.4. The third-order valence-corrected chi connectivity index (χ3v) is 4.27. The number of halogens is 2. The predicted octanol–water partition coefficient (Wildman–Crippen LogP) is 4.21. The molecule has 3 rings (SSSR count). The van der Waals surface area contributed by atoms with Crippen molar-refractivity contribution < 1.29 is 13.9 Å². The molecular weight excluding hydrogens is 329 g/mol. The van der Waals surface area contributed by atoms with Crippen molar-refractivity contribution in [2.24, 2.45) is 0 Å². The zero-order valence-corrected chi connectivity index (χ0v) is 14.3. The van der Waals surface area contributed by atoms with Crippen LogP contribution in [0, 0.1) is 5.82 Å². The van der Waals surface area contributed by atoms with Crippen LogP contribution in [0.2, 0.25) is 0 Å². The highest BCUT2D eigenvalue weighted by molar-refractivity contribution is 5.85. The Morgan fingerprint density at radius 2 is 1.88 bits per heavy atom. The van der Waals surface area contributed by atoms with Crippen molar-refractivity contribution in [3.05, 3.63) is 65.5 Å². The Morgan fingerprint density at radius 1 is 1.17 bits per heavy atom. The predicted molar refractivity (Wildman–Crippen MR) is 94.0 cm³/mol. The highest BCUT2D eigenvalue weighted by atomic mass is 35.5. The van der Waals surface area contributed by atoms with Crippen LogP contribution in [0.5, 0.6) is 5.75 Å². The van der Waals surface area contributed by atoms with Gasteiger partial charge in [-0.05, 0) is 43.5 Å². The molecule has 2 aromatic rings. The summed E-state index contributed by atoms with van der Waals surface area (Å²) in [7, 11) is 0. The Kier molecular flexibility index (Phi) is 6.35. The number of carbonyl (C=O) groups excluding carboxylic acids is 1. The highest BCUT2D eigenvalue weighted by Crippen LogP contribution is 2.28. The summed E-state index contributed by atoms with van der Waals surface area (Å²) in [5, 5.41) is 3.35. The number of benzene rings is 2. The normalized spacial score (nSPS) is 19.6. The van der Waals surface area contributed by atoms with Gasteiger partial charge in [0.05, 0.1) is 6.04 Å². The van der Waals surface area contributed by atoms with E-state index in [0.29, 0.717) is 11.3 Å². The number of ether oxygens (including phenoxy) is 1. The fourth-order valence-electron chi connectivity index (χ4n) is 2.90. The molecule has 24 heavy (non-hydrogen) atoms. The minimum absolute atomic E-state index is 0. The van der Waals surface area contributed by atoms with E-state index in [2.05, 4.69) is 5.32 Å². The first-order chi connectivity index (χ1) is 11.1. The Morgan fingerprint density at radius 3 is 2.50 bits per heavy atom. The largest absolute Gasteiger partial charge is 0.489 e. The first-order valence-electron chi connectivity index (χ1n) is 7.86. The number of hydrogen-bond donors (Lipinski definition) is 1. The van der Waals surface area contributed by atoms with E-state index in [0.717, 1.165) is 18.4 Å². The molecule has 0 bridgehead atoms. The first kappa shape index (κ1) is 18.4. The molecule has 2 aromatic carbocycles. The van der Waals surface area contributed by atoms with E-state index in [1.54, 1.807) is 25.1 Å². The average molecular weight is 350 g/mol. The smallest absolute Gasteiger partial charge is 0.146 e. The summed E-state index contributed by atoms with van der Waals surface area (Å²) in [6.45, 7) is 1.83. The fraction of sp³-hybridized carbons (Fsp3) is 0.316. The minimum atomic E-state index is -0.255. The molecule has 1 N–H and O–H groups in total. The summed E-state index contributed by atoms with van der Waals surface area (Å²) in [5.74, 6) is 0.644. The van der Waals surface area contributed by atoms with Gasteiger partial charge in [-0.25, -0.2) is 4.39 Å². The van der Waals surface area contributed by atoms with Gasteiger partial charge in [-0.1, -0.05) is 30.3 Å². The maximum absolute atomic E-state index is 13.5. The topological polar surface area (TPSA) is 38.3 Å². The van der Waals surface area contributed by atoms with E-state index in [-0.39, 0.29) is 42.7 Å². The molecule has 0 spiro atoms. The standard InChI is InChI=1S/C19H20FNO2.ClH/c1-13(22)18-10-11-19(21-18)14-6-8-16(9-7-14)23-12-15-4-2-3-5-17(15)20;/h2-9,18-19,21H,10-12H2,1H3;1H/t18-,19+;/m0./s1. The summed E-state index contributed by atoms with van der Waals surface area (Å²) < 4.78 is 19.2. The van der Waals surface area contributed by atoms with E-state index in [1.165, 1.54) is 6.07 Å². The third kappa shape index (κ3) is 4.34. The lowest BCUT2D eigenvalue weighted by molar-refractivity contribution is -0.118. The van der Waals surface area contributed by atoms with Crippen LogP contribution in [0.3, 0.4) is 0 Å². The molecule has 1 aliphatic heterocycles. The number of hydrogen-bond acceptors (Lipinski definition) is 3. The molecule has 0 radical (unpaired) electrons. The Balaban J connectivity index is 0.00000208. The molecule has 0 amide bonds. The van der Waals surface area contributed by atoms with Crippen molar-refractivity contribution in [3.8, 4) is 5.75 Å². The summed E-state index contributed by atoms with van der Waals surface area (Å²) in [6, 6.07) is 14.6. The van der Waals surface area contributed by atoms with Crippen LogP contribution >= 0.6 is 12.4 Å². The summed E-state index contributed by atoms with van der Waals surface area (Å²) >= 11 is 0. The van der Waals surface area contributed by atoms with E-state index >= 15 is 0 Å². The van der Waals surface area contributed by atoms with Crippen LogP contribution in [0.25, 0.3) is 0 Å². The minimum Gasteiger partial charge on any atom is -0.489 e. The lowest BCUT2D eigenvalue weighted by Crippen LogP contribution is -2.30. The second kappa shape index (κ2) is 8.27. The second-order valence-electron chi connectivity index (χ2n) is 5.91. The van der Waals surface area contributed by atoms with E-state index in [1.807, 2.05) is 24.3 Å². The second-order valence-corrected chi connectivity index (χ2v) is 5.91. The molecule has 0 unspecified atom stereocenters. The number of Topliss-reactive ketones (excluding diaryl/α,β-unsaturated/α-hetero) is 1. The Labute approximate surface area is 147 Å². The van der Waals surface area contributed by atoms with Gasteiger partial charge in [0.15, 0.2) is 0 Å². The van der Waals surface area contributed by atoms with Gasteiger partial charge in [0, 0.05) is 11.6 Å². The Hall–Kier alpha value is -1.91. The van der Waals surface area contributed by atoms with Crippen molar-refractivity contribution in [1.29, 1.82) is 0 Å². The molecule has 5 heteroatoms. The van der Waals surface area contributed by atoms with Crippen molar-refractivity contribution >= 4 is 18.2 Å². The SMILES string of the molecule is CC(=O)[C@@H]1CC[C@H](c2ccc(OCc3ccccc3F)cc2)N1.Cl. The van der Waals surface area contributed by atoms with Gasteiger partial charge in [0.1, 0.15) is 24.0 Å². The number of ketones is 1. The fourth-order valence-corrected chi connectivity index (χ4v) is 2.90. The molecule has 0 aliphatic carbocycles. The molecule has 3 nitrogen and oxygen atoms in total. The van der Waals surface area contributed by atoms with Gasteiger partial charge in [-0.3, -0.25) is 4.79 Å². The van der Waals surface area contributed by atoms with Crippen molar-refractivity contribution in [1.82, 2.24) is 5.32 Å². The van der Waals surface area contributed by atoms with Gasteiger partial charge in [0.25, 0.3) is 0 Å². The van der Waals surface area contributed by atoms with Crippen molar-refractivity contribution in [2.45, 2.75) is 38.5 Å². The average Bonchev–Trinajstić information content (AvgIpc) is 3.05. The third-order valence-electron chi connectivity index (χ3n) is 4.27. The number of carbonyl (C=O) groups is 1. The van der Waals surface area contributed by atoms with Gasteiger partial charge in [-0.2, -0.15) is 0 Å². The quantitative estimate of drug-likeness (QED) is 0.878. The molecule has 1 aliphatic rings. The van der Waals surface area contributed by atoms with Gasteiger partial charge in [-0.15, -0.1) is 12.4 Å². The summed E-state index contributed by atoms with van der Waals surface area (Å²) in [6.07, 6.45) is 1.84. The maximum Gasteiger partial charge on any atom is 0.146 e. The lowest BCUT2D eigenvalue weighted by atomic mass is 10.1. The van der Waals surface area contributed by atoms with Crippen LogP contribution < -0.4 is 10.1 Å². The van der Waals surface area contributed by atoms with E-state index in [9.17, 15) is 9.18 Å². The van der Waals surface area contributed by atoms with Crippen LogP contribution in [0.4, 0.5) is 4.39 Å². The van der Waals surface area contributed by atoms with Gasteiger partial charge >= 0.3 is 0 Å². The molecular formula is C19H21ClFNO2. The molecule has 1 saturated heterocycles. The molecule has 1 heterocycles. The van der Waals surface area contributed by atoms with Gasteiger partial charge in [0.2, 0.25) is 0 Å². The number of rotatable bonds is 5. The van der Waals surface area contributed by atoms with Crippen LogP contribution in [-0.4, -0.2) is 11.8 Å². The molecule has 128 valence electrons. The highest BCUT2D eigenvalue weighted by Gasteiger charge is 2.27. The Bertz CT molecular complexity index is 690. The molecule has 2 atom stereocenters.